The zero-order valence-electron chi connectivity index (χ0n) is 15.6. The average molecular weight is 388 g/mol. The summed E-state index contributed by atoms with van der Waals surface area (Å²) in [7, 11) is 0. The van der Waals surface area contributed by atoms with Gasteiger partial charge in [0.05, 0.1) is 17.4 Å². The maximum absolute atomic E-state index is 13.7. The molecular weight excluding hydrogens is 371 g/mol. The summed E-state index contributed by atoms with van der Waals surface area (Å²) >= 11 is 0. The van der Waals surface area contributed by atoms with Gasteiger partial charge in [0.25, 0.3) is 0 Å². The van der Waals surface area contributed by atoms with Gasteiger partial charge in [0.1, 0.15) is 22.9 Å². The Labute approximate surface area is 166 Å². The average Bonchev–Trinajstić information content (AvgIpc) is 2.70. The van der Waals surface area contributed by atoms with Crippen molar-refractivity contribution in [1.29, 1.82) is 0 Å². The summed E-state index contributed by atoms with van der Waals surface area (Å²) in [6.45, 7) is 1.72. The largest absolute Gasteiger partial charge is 0.460 e. The minimum atomic E-state index is -0.602. The van der Waals surface area contributed by atoms with Crippen molar-refractivity contribution in [2.75, 3.05) is 0 Å². The Balaban J connectivity index is 1.64. The Morgan fingerprint density at radius 1 is 1.00 bits per heavy atom. The van der Waals surface area contributed by atoms with Gasteiger partial charge in [0.2, 0.25) is 5.43 Å². The smallest absolute Gasteiger partial charge is 0.315 e. The van der Waals surface area contributed by atoms with Gasteiger partial charge in [0.15, 0.2) is 0 Å². The molecule has 0 amide bonds. The van der Waals surface area contributed by atoms with Gasteiger partial charge in [-0.15, -0.1) is 0 Å². The van der Waals surface area contributed by atoms with Crippen molar-refractivity contribution < 1.29 is 18.3 Å². The van der Waals surface area contributed by atoms with Crippen LogP contribution in [0.3, 0.4) is 0 Å². The van der Waals surface area contributed by atoms with Gasteiger partial charge in [-0.25, -0.2) is 4.39 Å². The number of benzene rings is 3. The van der Waals surface area contributed by atoms with E-state index in [1.165, 1.54) is 24.3 Å². The Kier molecular flexibility index (Phi) is 4.96. The Morgan fingerprint density at radius 3 is 2.48 bits per heavy atom. The van der Waals surface area contributed by atoms with E-state index in [-0.39, 0.29) is 23.2 Å². The van der Waals surface area contributed by atoms with Gasteiger partial charge in [0, 0.05) is 6.07 Å². The Hall–Kier alpha value is -3.73. The standard InChI is InChI=1S/C24H17FO4/c1-15-23(16-7-3-2-4-8-16)24(27)19-12-11-18(14-21(19)28-15)29-22(26)13-17-9-5-6-10-20(17)25/h2-12,14H,13H2,1H3. The summed E-state index contributed by atoms with van der Waals surface area (Å²) in [5, 5.41) is 0.392. The first kappa shape index (κ1) is 18.6. The van der Waals surface area contributed by atoms with Crippen LogP contribution in [0.25, 0.3) is 22.1 Å². The van der Waals surface area contributed by atoms with Crippen LogP contribution in [0.5, 0.6) is 5.75 Å². The summed E-state index contributed by atoms with van der Waals surface area (Å²) in [5.74, 6) is -0.357. The zero-order chi connectivity index (χ0) is 20.4. The molecule has 0 aliphatic heterocycles. The molecule has 4 aromatic rings. The monoisotopic (exact) mass is 388 g/mol. The molecule has 0 aliphatic rings. The van der Waals surface area contributed by atoms with Crippen LogP contribution in [0, 0.1) is 12.7 Å². The van der Waals surface area contributed by atoms with Crippen LogP contribution in [0.2, 0.25) is 0 Å². The lowest BCUT2D eigenvalue weighted by Crippen LogP contribution is -2.12. The van der Waals surface area contributed by atoms with E-state index in [4.69, 9.17) is 9.15 Å². The molecule has 4 rings (SSSR count). The Morgan fingerprint density at radius 2 is 1.72 bits per heavy atom. The van der Waals surface area contributed by atoms with Crippen molar-refractivity contribution in [2.45, 2.75) is 13.3 Å². The molecule has 0 unspecified atom stereocenters. The maximum Gasteiger partial charge on any atom is 0.315 e. The summed E-state index contributed by atoms with van der Waals surface area (Å²) in [6, 6.07) is 19.9. The number of ether oxygens (including phenoxy) is 1. The molecule has 3 aromatic carbocycles. The maximum atomic E-state index is 13.7. The highest BCUT2D eigenvalue weighted by Gasteiger charge is 2.15. The van der Waals surface area contributed by atoms with Crippen LogP contribution in [0.15, 0.2) is 82.0 Å². The lowest BCUT2D eigenvalue weighted by atomic mass is 10.0. The van der Waals surface area contributed by atoms with Crippen molar-refractivity contribution in [3.05, 3.63) is 100 Å². The predicted molar refractivity (Wildman–Crippen MR) is 108 cm³/mol. The third-order valence-corrected chi connectivity index (χ3v) is 4.63. The highest BCUT2D eigenvalue weighted by Crippen LogP contribution is 2.26. The molecule has 1 aromatic heterocycles. The summed E-state index contributed by atoms with van der Waals surface area (Å²) < 4.78 is 24.9. The topological polar surface area (TPSA) is 56.5 Å². The van der Waals surface area contributed by atoms with Gasteiger partial charge >= 0.3 is 5.97 Å². The van der Waals surface area contributed by atoms with E-state index in [1.807, 2.05) is 30.3 Å². The van der Waals surface area contributed by atoms with Crippen molar-refractivity contribution in [2.24, 2.45) is 0 Å². The predicted octanol–water partition coefficient (Wildman–Crippen LogP) is 5.06. The van der Waals surface area contributed by atoms with Crippen molar-refractivity contribution in [1.82, 2.24) is 0 Å². The first-order valence-corrected chi connectivity index (χ1v) is 9.10. The lowest BCUT2D eigenvalue weighted by Gasteiger charge is -2.09. The van der Waals surface area contributed by atoms with Gasteiger partial charge in [-0.2, -0.15) is 0 Å². The van der Waals surface area contributed by atoms with Crippen molar-refractivity contribution in [3.8, 4) is 16.9 Å². The number of esters is 1. The molecule has 0 atom stereocenters. The molecule has 5 heteroatoms. The quantitative estimate of drug-likeness (QED) is 0.362. The SMILES string of the molecule is Cc1oc2cc(OC(=O)Cc3ccccc3F)ccc2c(=O)c1-c1ccccc1. The van der Waals surface area contributed by atoms with Crippen molar-refractivity contribution >= 4 is 16.9 Å². The molecule has 0 spiro atoms. The molecule has 0 bridgehead atoms. The van der Waals surface area contributed by atoms with Crippen LogP contribution in [-0.2, 0) is 11.2 Å². The summed E-state index contributed by atoms with van der Waals surface area (Å²) in [5.41, 5.74) is 1.71. The summed E-state index contributed by atoms with van der Waals surface area (Å²) in [6.07, 6.45) is -0.194. The fourth-order valence-electron chi connectivity index (χ4n) is 3.25. The van der Waals surface area contributed by atoms with Gasteiger partial charge < -0.3 is 9.15 Å². The normalized spacial score (nSPS) is 10.8. The number of fused-ring (bicyclic) bond motifs is 1. The minimum absolute atomic E-state index is 0.154. The third kappa shape index (κ3) is 3.80. The van der Waals surface area contributed by atoms with Gasteiger partial charge in [-0.05, 0) is 36.2 Å². The van der Waals surface area contributed by atoms with E-state index in [0.29, 0.717) is 22.3 Å². The van der Waals surface area contributed by atoms with E-state index in [1.54, 1.807) is 25.1 Å². The fraction of sp³-hybridized carbons (Fsp3) is 0.0833. The molecule has 0 aliphatic carbocycles. The first-order chi connectivity index (χ1) is 14.0. The second-order valence-electron chi connectivity index (χ2n) is 6.63. The number of rotatable bonds is 4. The number of hydrogen-bond donors (Lipinski definition) is 0. The molecule has 0 fully saturated rings. The summed E-state index contributed by atoms with van der Waals surface area (Å²) in [4.78, 5) is 25.1. The second-order valence-corrected chi connectivity index (χ2v) is 6.63. The van der Waals surface area contributed by atoms with E-state index >= 15 is 0 Å². The number of carbonyl (C=O) groups is 1. The van der Waals surface area contributed by atoms with Crippen LogP contribution < -0.4 is 10.2 Å². The van der Waals surface area contributed by atoms with Crippen LogP contribution in [0.1, 0.15) is 11.3 Å². The Bertz CT molecular complexity index is 1260. The number of halogens is 1. The third-order valence-electron chi connectivity index (χ3n) is 4.63. The van der Waals surface area contributed by atoms with Crippen LogP contribution >= 0.6 is 0 Å². The molecule has 0 N–H and O–H groups in total. The van der Waals surface area contributed by atoms with E-state index in [2.05, 4.69) is 0 Å². The van der Waals surface area contributed by atoms with Crippen molar-refractivity contribution in [3.63, 3.8) is 0 Å². The molecule has 4 nitrogen and oxygen atoms in total. The highest BCUT2D eigenvalue weighted by atomic mass is 19.1. The first-order valence-electron chi connectivity index (χ1n) is 9.10. The van der Waals surface area contributed by atoms with Gasteiger partial charge in [-0.3, -0.25) is 9.59 Å². The molecule has 29 heavy (non-hydrogen) atoms. The molecule has 1 heterocycles. The highest BCUT2D eigenvalue weighted by molar-refractivity contribution is 5.84. The number of hydrogen-bond acceptors (Lipinski definition) is 4. The van der Waals surface area contributed by atoms with Crippen LogP contribution in [-0.4, -0.2) is 5.97 Å². The zero-order valence-corrected chi connectivity index (χ0v) is 15.6. The minimum Gasteiger partial charge on any atom is -0.460 e. The van der Waals surface area contributed by atoms with Gasteiger partial charge in [-0.1, -0.05) is 48.5 Å². The lowest BCUT2D eigenvalue weighted by molar-refractivity contribution is -0.133. The second kappa shape index (κ2) is 7.72. The number of aryl methyl sites for hydroxylation is 1. The molecule has 0 saturated heterocycles. The van der Waals surface area contributed by atoms with E-state index in [9.17, 15) is 14.0 Å². The molecular formula is C24H17FO4. The number of carbonyl (C=O) groups excluding carboxylic acids is 1. The van der Waals surface area contributed by atoms with Crippen LogP contribution in [0.4, 0.5) is 4.39 Å². The van der Waals surface area contributed by atoms with E-state index in [0.717, 1.165) is 5.56 Å². The fourth-order valence-corrected chi connectivity index (χ4v) is 3.25. The molecule has 0 radical (unpaired) electrons. The molecule has 144 valence electrons. The van der Waals surface area contributed by atoms with E-state index < -0.39 is 11.8 Å². The molecule has 0 saturated carbocycles.